The van der Waals surface area contributed by atoms with Crippen LogP contribution in [0.15, 0.2) is 40.7 Å². The maximum absolute atomic E-state index is 14.6. The van der Waals surface area contributed by atoms with Gasteiger partial charge in [0.1, 0.15) is 24.2 Å². The van der Waals surface area contributed by atoms with Gasteiger partial charge in [-0.25, -0.2) is 14.8 Å². The third-order valence-corrected chi connectivity index (χ3v) is 13.6. The number of para-hydroxylation sites is 1. The number of carbonyl (C=O) groups is 2. The molecule has 16 heteroatoms. The van der Waals surface area contributed by atoms with Gasteiger partial charge in [-0.1, -0.05) is 51.0 Å². The molecule has 60 heavy (non-hydrogen) atoms. The smallest absolute Gasteiger partial charge is 0.410 e. The number of carbonyl (C=O) groups excluding carboxylic acids is 2. The first kappa shape index (κ1) is 44.3. The van der Waals surface area contributed by atoms with Crippen LogP contribution in [0.25, 0.3) is 10.9 Å². The SMILES string of the molecule is CC[C@@H]1OC(=O)[C@H](C)[C@H]2OCC(=NOCc3ncnc4ccccc34)CO[C@](C)(C[C@@H](C)C3=NCCN4C(=O)O[C@@]1(C)[C@H]4[C@H]3C)[C@@H](O[C@H]1O[C@@H](C)C[C@@H](N(C)C)[C@@H]1O)[C@@H]2C. The van der Waals surface area contributed by atoms with Crippen LogP contribution in [0.4, 0.5) is 4.79 Å². The average Bonchev–Trinajstić information content (AvgIpc) is 3.36. The van der Waals surface area contributed by atoms with E-state index in [4.69, 9.17) is 38.3 Å². The molecule has 7 rings (SSSR count). The lowest BCUT2D eigenvalue weighted by Crippen LogP contribution is -2.60. The van der Waals surface area contributed by atoms with Crippen molar-refractivity contribution in [2.75, 3.05) is 40.4 Å². The van der Waals surface area contributed by atoms with Crippen LogP contribution < -0.4 is 0 Å². The van der Waals surface area contributed by atoms with E-state index in [9.17, 15) is 14.7 Å². The van der Waals surface area contributed by atoms with Crippen molar-refractivity contribution in [2.45, 2.75) is 141 Å². The molecule has 4 fully saturated rings. The number of likely N-dealkylation sites (N-methyl/N-ethyl adjacent to an activating group) is 1. The van der Waals surface area contributed by atoms with Gasteiger partial charge in [0.05, 0.1) is 66.8 Å². The summed E-state index contributed by atoms with van der Waals surface area (Å²) in [6.07, 6.45) is -2.01. The summed E-state index contributed by atoms with van der Waals surface area (Å²) < 4.78 is 39.9. The van der Waals surface area contributed by atoms with Gasteiger partial charge < -0.3 is 43.3 Å². The number of aliphatic imine (C=N–C) groups is 1. The number of aliphatic hydroxyl groups excluding tert-OH is 1. The number of rotatable bonds is 7. The van der Waals surface area contributed by atoms with Gasteiger partial charge in [0.25, 0.3) is 0 Å². The predicted molar refractivity (Wildman–Crippen MR) is 222 cm³/mol. The Hall–Kier alpha value is -3.80. The summed E-state index contributed by atoms with van der Waals surface area (Å²) >= 11 is 0. The minimum Gasteiger partial charge on any atom is -0.458 e. The maximum atomic E-state index is 14.6. The van der Waals surface area contributed by atoms with E-state index < -0.39 is 71.8 Å². The van der Waals surface area contributed by atoms with E-state index in [1.807, 2.05) is 77.9 Å². The fourth-order valence-corrected chi connectivity index (χ4v) is 10.6. The van der Waals surface area contributed by atoms with Crippen LogP contribution in [-0.2, 0) is 44.7 Å². The van der Waals surface area contributed by atoms with E-state index in [2.05, 4.69) is 29.0 Å². The minimum absolute atomic E-state index is 0.00737. The lowest BCUT2D eigenvalue weighted by atomic mass is 9.72. The fourth-order valence-electron chi connectivity index (χ4n) is 10.6. The normalized spacial score (nSPS) is 39.9. The van der Waals surface area contributed by atoms with Crippen molar-refractivity contribution in [1.29, 1.82) is 0 Å². The molecule has 0 radical (unpaired) electrons. The van der Waals surface area contributed by atoms with Crippen LogP contribution in [0.5, 0.6) is 0 Å². The zero-order chi connectivity index (χ0) is 43.1. The van der Waals surface area contributed by atoms with Crippen LogP contribution in [0.2, 0.25) is 0 Å². The molecule has 4 bridgehead atoms. The Morgan fingerprint density at radius 1 is 1.05 bits per heavy atom. The third-order valence-electron chi connectivity index (χ3n) is 13.6. The zero-order valence-corrected chi connectivity index (χ0v) is 36.8. The lowest BCUT2D eigenvalue weighted by molar-refractivity contribution is -0.302. The third kappa shape index (κ3) is 8.52. The van der Waals surface area contributed by atoms with E-state index in [0.717, 1.165) is 16.6 Å². The van der Waals surface area contributed by atoms with Gasteiger partial charge >= 0.3 is 12.1 Å². The molecule has 0 unspecified atom stereocenters. The molecular formula is C44H64N6O10. The van der Waals surface area contributed by atoms with Gasteiger partial charge in [0.2, 0.25) is 0 Å². The molecule has 1 aromatic heterocycles. The van der Waals surface area contributed by atoms with Crippen molar-refractivity contribution in [3.8, 4) is 0 Å². The van der Waals surface area contributed by atoms with Crippen molar-refractivity contribution >= 4 is 34.4 Å². The van der Waals surface area contributed by atoms with E-state index in [1.54, 1.807) is 11.8 Å². The highest BCUT2D eigenvalue weighted by molar-refractivity contribution is 5.91. The second-order valence-corrected chi connectivity index (χ2v) is 18.1. The molecule has 5 aliphatic rings. The summed E-state index contributed by atoms with van der Waals surface area (Å²) in [5.41, 5.74) is 0.597. The molecule has 1 amide bonds. The first-order chi connectivity index (χ1) is 28.6. The van der Waals surface area contributed by atoms with Crippen molar-refractivity contribution in [3.63, 3.8) is 0 Å². The highest BCUT2D eigenvalue weighted by Crippen LogP contribution is 2.45. The molecule has 0 spiro atoms. The Morgan fingerprint density at radius 2 is 1.82 bits per heavy atom. The molecule has 2 aromatic rings. The van der Waals surface area contributed by atoms with E-state index in [1.165, 1.54) is 6.33 Å². The van der Waals surface area contributed by atoms with Crippen molar-refractivity contribution in [1.82, 2.24) is 19.8 Å². The number of hydrogen-bond donors (Lipinski definition) is 1. The van der Waals surface area contributed by atoms with Crippen LogP contribution in [0, 0.1) is 23.7 Å². The van der Waals surface area contributed by atoms with Gasteiger partial charge in [-0.05, 0) is 73.0 Å². The molecule has 4 saturated heterocycles. The van der Waals surface area contributed by atoms with Crippen molar-refractivity contribution < 1.29 is 48.0 Å². The van der Waals surface area contributed by atoms with Gasteiger partial charge in [-0.3, -0.25) is 14.7 Å². The maximum Gasteiger partial charge on any atom is 0.410 e. The highest BCUT2D eigenvalue weighted by atomic mass is 16.7. The Morgan fingerprint density at radius 3 is 2.57 bits per heavy atom. The minimum atomic E-state index is -1.14. The van der Waals surface area contributed by atoms with Crippen molar-refractivity contribution in [2.24, 2.45) is 33.8 Å². The van der Waals surface area contributed by atoms with Crippen LogP contribution in [0.1, 0.15) is 80.3 Å². The molecule has 14 atom stereocenters. The summed E-state index contributed by atoms with van der Waals surface area (Å²) in [7, 11) is 3.87. The Labute approximate surface area is 353 Å². The molecule has 1 aromatic carbocycles. The zero-order valence-electron chi connectivity index (χ0n) is 36.8. The van der Waals surface area contributed by atoms with E-state index in [-0.39, 0.29) is 43.8 Å². The number of amides is 1. The highest BCUT2D eigenvalue weighted by Gasteiger charge is 2.60. The summed E-state index contributed by atoms with van der Waals surface area (Å²) in [5, 5.41) is 17.2. The van der Waals surface area contributed by atoms with Gasteiger partial charge in [0, 0.05) is 35.5 Å². The molecule has 16 nitrogen and oxygen atoms in total. The van der Waals surface area contributed by atoms with Crippen molar-refractivity contribution in [3.05, 3.63) is 36.3 Å². The molecular weight excluding hydrogens is 773 g/mol. The fraction of sp³-hybridized carbons (Fsp3) is 0.727. The first-order valence-corrected chi connectivity index (χ1v) is 21.6. The van der Waals surface area contributed by atoms with E-state index in [0.29, 0.717) is 43.8 Å². The van der Waals surface area contributed by atoms with E-state index >= 15 is 0 Å². The standard InChI is InChI=1S/C44H64N6O10/c1-11-34-44(8)38-26(4)35(45-16-17-50(38)42(53)60-44)24(2)19-43(7)39(59-41-36(51)33(49(9)10)18-25(3)57-41)27(5)37(28(6)40(52)58-34)54-20-29(21-55-43)48-56-22-32-30-14-12-13-15-31(30)46-23-47-32/h12-15,23-28,33-34,36-39,41,51H,11,16-22H2,1-10H3/t24-,25+,26+,27-,28-,33-,34+,36+,37+,38-,39+,41-,43-,44-/m1/s1. The van der Waals surface area contributed by atoms with Gasteiger partial charge in [-0.15, -0.1) is 0 Å². The molecule has 1 N–H and O–H groups in total. The number of oxime groups is 1. The number of esters is 1. The predicted octanol–water partition coefficient (Wildman–Crippen LogP) is 4.79. The van der Waals surface area contributed by atoms with Crippen LogP contribution >= 0.6 is 0 Å². The van der Waals surface area contributed by atoms with Crippen LogP contribution in [0.3, 0.4) is 0 Å². The molecule has 5 aliphatic heterocycles. The molecule has 0 aliphatic carbocycles. The summed E-state index contributed by atoms with van der Waals surface area (Å²) in [6.45, 7) is 16.6. The second-order valence-electron chi connectivity index (χ2n) is 18.1. The van der Waals surface area contributed by atoms with Crippen LogP contribution in [-0.4, -0.2) is 149 Å². The Balaban J connectivity index is 1.31. The molecule has 330 valence electrons. The number of nitrogens with zero attached hydrogens (tertiary/aromatic N) is 6. The van der Waals surface area contributed by atoms with Gasteiger partial charge in [0.15, 0.2) is 18.5 Å². The summed E-state index contributed by atoms with van der Waals surface area (Å²) in [6, 6.07) is 7.04. The number of aliphatic hydroxyl groups is 1. The number of ether oxygens (including phenoxy) is 6. The topological polar surface area (TPSA) is 176 Å². The number of cyclic esters (lactones) is 1. The number of benzene rings is 1. The molecule has 0 saturated carbocycles. The number of hydrogen-bond acceptors (Lipinski definition) is 15. The number of fused-ring (bicyclic) bond motifs is 5. The average molecular weight is 837 g/mol. The molecule has 6 heterocycles. The lowest BCUT2D eigenvalue weighted by Gasteiger charge is -2.48. The quantitative estimate of drug-likeness (QED) is 0.298. The first-order valence-electron chi connectivity index (χ1n) is 21.6. The second kappa shape index (κ2) is 17.9. The largest absolute Gasteiger partial charge is 0.458 e. The Bertz CT molecular complexity index is 1930. The number of aromatic nitrogens is 2. The Kier molecular flexibility index (Phi) is 13.2. The monoisotopic (exact) mass is 836 g/mol. The van der Waals surface area contributed by atoms with Gasteiger partial charge in [-0.2, -0.15) is 0 Å². The summed E-state index contributed by atoms with van der Waals surface area (Å²) in [4.78, 5) is 51.8. The summed E-state index contributed by atoms with van der Waals surface area (Å²) in [5.74, 6) is -2.30.